The predicted octanol–water partition coefficient (Wildman–Crippen LogP) is 5.39. The molecule has 0 atom stereocenters. The van der Waals surface area contributed by atoms with Gasteiger partial charge in [-0.05, 0) is 12.8 Å². The van der Waals surface area contributed by atoms with Crippen molar-refractivity contribution in [3.8, 4) is 0 Å². The van der Waals surface area contributed by atoms with Crippen molar-refractivity contribution in [3.05, 3.63) is 25.3 Å². The van der Waals surface area contributed by atoms with E-state index in [1.54, 1.807) is 0 Å². The number of allylic oxidation sites excluding steroid dienone is 2. The lowest BCUT2D eigenvalue weighted by Crippen LogP contribution is -2.53. The summed E-state index contributed by atoms with van der Waals surface area (Å²) in [4.78, 5) is 0. The number of hydrogen-bond acceptors (Lipinski definition) is 1. The third-order valence-corrected chi connectivity index (χ3v) is 2.43. The molecule has 0 unspecified atom stereocenters. The van der Waals surface area contributed by atoms with Crippen molar-refractivity contribution in [1.29, 1.82) is 0 Å². The van der Waals surface area contributed by atoms with Gasteiger partial charge in [-0.2, -0.15) is 35.1 Å². The first kappa shape index (κ1) is 19.9. The quantitative estimate of drug-likeness (QED) is 0.386. The number of halogens is 8. The summed E-state index contributed by atoms with van der Waals surface area (Å²) in [6.07, 6.45) is -14.2. The fourth-order valence-corrected chi connectivity index (χ4v) is 1.17. The highest BCUT2D eigenvalue weighted by Gasteiger charge is 2.68. The van der Waals surface area contributed by atoms with E-state index in [-0.39, 0.29) is 0 Å². The molecule has 124 valence electrons. The van der Waals surface area contributed by atoms with E-state index in [4.69, 9.17) is 0 Å². The van der Waals surface area contributed by atoms with Gasteiger partial charge in [0.1, 0.15) is 0 Å². The van der Waals surface area contributed by atoms with E-state index in [0.717, 1.165) is 12.2 Å². The van der Waals surface area contributed by atoms with Crippen LogP contribution < -0.4 is 0 Å². The Bertz CT molecular complexity index is 330. The molecule has 0 rings (SSSR count). The van der Waals surface area contributed by atoms with Crippen molar-refractivity contribution in [2.75, 3.05) is 0 Å². The van der Waals surface area contributed by atoms with Crippen molar-refractivity contribution < 1.29 is 39.9 Å². The molecule has 0 aliphatic carbocycles. The molecule has 0 aliphatic heterocycles. The SMILES string of the molecule is C=CCCC(F)(F)C(F)(F)OC(F)(F)C(F)(F)CCC=C. The molecule has 0 aromatic rings. The molecule has 0 saturated heterocycles. The third-order valence-electron chi connectivity index (χ3n) is 2.43. The van der Waals surface area contributed by atoms with E-state index >= 15 is 0 Å². The van der Waals surface area contributed by atoms with Crippen LogP contribution in [0.15, 0.2) is 25.3 Å². The van der Waals surface area contributed by atoms with Crippen molar-refractivity contribution in [2.24, 2.45) is 0 Å². The summed E-state index contributed by atoms with van der Waals surface area (Å²) in [5.41, 5.74) is 0. The van der Waals surface area contributed by atoms with Gasteiger partial charge in [-0.3, -0.25) is 0 Å². The van der Waals surface area contributed by atoms with Gasteiger partial charge in [0.25, 0.3) is 0 Å². The lowest BCUT2D eigenvalue weighted by molar-refractivity contribution is -0.468. The first-order valence-electron chi connectivity index (χ1n) is 5.76. The Balaban J connectivity index is 5.12. The molecule has 0 heterocycles. The first-order chi connectivity index (χ1) is 9.33. The van der Waals surface area contributed by atoms with Crippen LogP contribution in [0.2, 0.25) is 0 Å². The minimum atomic E-state index is -5.75. The molecule has 0 spiro atoms. The van der Waals surface area contributed by atoms with Crippen LogP contribution in [0.5, 0.6) is 0 Å². The maximum Gasteiger partial charge on any atom is 0.423 e. The Hall–Kier alpha value is -1.12. The Morgan fingerprint density at radius 1 is 0.667 bits per heavy atom. The molecule has 0 radical (unpaired) electrons. The van der Waals surface area contributed by atoms with Gasteiger partial charge in [0, 0.05) is 12.8 Å². The smallest absolute Gasteiger partial charge is 0.246 e. The average Bonchev–Trinajstić information content (AvgIpc) is 2.32. The van der Waals surface area contributed by atoms with Crippen LogP contribution in [0.4, 0.5) is 35.1 Å². The molecule has 9 heteroatoms. The fraction of sp³-hybridized carbons (Fsp3) is 0.667. The number of rotatable bonds is 10. The van der Waals surface area contributed by atoms with E-state index in [9.17, 15) is 35.1 Å². The van der Waals surface area contributed by atoms with Crippen molar-refractivity contribution in [1.82, 2.24) is 0 Å². The van der Waals surface area contributed by atoms with Gasteiger partial charge in [0.15, 0.2) is 0 Å². The summed E-state index contributed by atoms with van der Waals surface area (Å²) in [6.45, 7) is 5.99. The van der Waals surface area contributed by atoms with E-state index in [0.29, 0.717) is 0 Å². The van der Waals surface area contributed by atoms with Gasteiger partial charge in [-0.1, -0.05) is 12.2 Å². The normalized spacial score (nSPS) is 14.1. The zero-order valence-electron chi connectivity index (χ0n) is 10.8. The van der Waals surface area contributed by atoms with E-state index in [1.165, 1.54) is 0 Å². The van der Waals surface area contributed by atoms with Crippen LogP contribution in [-0.2, 0) is 4.74 Å². The summed E-state index contributed by atoms with van der Waals surface area (Å²) < 4.78 is 107. The standard InChI is InChI=1S/C12H14F8O/c1-3-5-7-9(13,14)11(17,18)21-12(19,20)10(15,16)8-6-4-2/h3-4H,1-2,5-8H2. The van der Waals surface area contributed by atoms with Crippen molar-refractivity contribution in [2.45, 2.75) is 49.7 Å². The highest BCUT2D eigenvalue weighted by molar-refractivity contribution is 4.86. The Morgan fingerprint density at radius 2 is 0.952 bits per heavy atom. The van der Waals surface area contributed by atoms with Crippen LogP contribution in [0.1, 0.15) is 25.7 Å². The van der Waals surface area contributed by atoms with Crippen LogP contribution >= 0.6 is 0 Å². The first-order valence-corrected chi connectivity index (χ1v) is 5.76. The molecule has 0 N–H and O–H groups in total. The molecule has 1 nitrogen and oxygen atoms in total. The largest absolute Gasteiger partial charge is 0.423 e. The van der Waals surface area contributed by atoms with Crippen LogP contribution in [0.25, 0.3) is 0 Å². The second-order valence-electron chi connectivity index (χ2n) is 4.20. The number of hydrogen-bond donors (Lipinski definition) is 0. The molecule has 0 aromatic heterocycles. The highest BCUT2D eigenvalue weighted by Crippen LogP contribution is 2.47. The van der Waals surface area contributed by atoms with Crippen LogP contribution in [0, 0.1) is 0 Å². The Kier molecular flexibility index (Phi) is 6.40. The minimum Gasteiger partial charge on any atom is -0.246 e. The average molecular weight is 326 g/mol. The van der Waals surface area contributed by atoms with Crippen molar-refractivity contribution in [3.63, 3.8) is 0 Å². The topological polar surface area (TPSA) is 9.23 Å². The summed E-state index contributed by atoms with van der Waals surface area (Å²) in [7, 11) is 0. The van der Waals surface area contributed by atoms with E-state index in [1.807, 2.05) is 0 Å². The summed E-state index contributed by atoms with van der Waals surface area (Å²) in [6, 6.07) is 0. The zero-order chi connectivity index (χ0) is 16.9. The van der Waals surface area contributed by atoms with Gasteiger partial charge in [-0.25, -0.2) is 4.74 Å². The van der Waals surface area contributed by atoms with Gasteiger partial charge >= 0.3 is 24.1 Å². The molecular weight excluding hydrogens is 312 g/mol. The van der Waals surface area contributed by atoms with Gasteiger partial charge < -0.3 is 0 Å². The molecule has 0 amide bonds. The van der Waals surface area contributed by atoms with E-state index in [2.05, 4.69) is 17.9 Å². The minimum absolute atomic E-state index is 0.635. The Morgan fingerprint density at radius 3 is 1.19 bits per heavy atom. The van der Waals surface area contributed by atoms with Gasteiger partial charge in [-0.15, -0.1) is 13.2 Å². The molecule has 0 saturated carbocycles. The molecule has 0 aromatic carbocycles. The number of alkyl halides is 8. The van der Waals surface area contributed by atoms with Crippen LogP contribution in [-0.4, -0.2) is 24.1 Å². The number of ether oxygens (including phenoxy) is 1. The maximum absolute atomic E-state index is 13.0. The summed E-state index contributed by atoms with van der Waals surface area (Å²) >= 11 is 0. The molecule has 0 fully saturated rings. The fourth-order valence-electron chi connectivity index (χ4n) is 1.17. The molecule has 0 aliphatic rings. The van der Waals surface area contributed by atoms with E-state index < -0.39 is 49.7 Å². The Labute approximate surface area is 116 Å². The van der Waals surface area contributed by atoms with Gasteiger partial charge in [0.2, 0.25) is 0 Å². The zero-order valence-corrected chi connectivity index (χ0v) is 10.8. The monoisotopic (exact) mass is 326 g/mol. The molecular formula is C12H14F8O. The molecule has 0 bridgehead atoms. The lowest BCUT2D eigenvalue weighted by Gasteiger charge is -2.32. The molecule has 21 heavy (non-hydrogen) atoms. The lowest BCUT2D eigenvalue weighted by atomic mass is 10.1. The summed E-state index contributed by atoms with van der Waals surface area (Å²) in [5.74, 6) is -10.1. The predicted molar refractivity (Wildman–Crippen MR) is 59.7 cm³/mol. The summed E-state index contributed by atoms with van der Waals surface area (Å²) in [5, 5.41) is 0. The van der Waals surface area contributed by atoms with Crippen LogP contribution in [0.3, 0.4) is 0 Å². The van der Waals surface area contributed by atoms with Crippen molar-refractivity contribution >= 4 is 0 Å². The maximum atomic E-state index is 13.0. The second kappa shape index (κ2) is 6.76. The highest BCUT2D eigenvalue weighted by atomic mass is 19.3. The van der Waals surface area contributed by atoms with Gasteiger partial charge in [0.05, 0.1) is 0 Å². The second-order valence-corrected chi connectivity index (χ2v) is 4.20. The third kappa shape index (κ3) is 4.98.